The van der Waals surface area contributed by atoms with E-state index in [0.29, 0.717) is 13.0 Å². The maximum absolute atomic E-state index is 11.9. The van der Waals surface area contributed by atoms with E-state index in [-0.39, 0.29) is 23.9 Å². The molecule has 5 heteroatoms. The fourth-order valence-corrected chi connectivity index (χ4v) is 2.33. The summed E-state index contributed by atoms with van der Waals surface area (Å²) in [4.78, 5) is 22.3. The van der Waals surface area contributed by atoms with Crippen LogP contribution in [0.25, 0.3) is 0 Å². The van der Waals surface area contributed by atoms with Crippen molar-refractivity contribution in [1.29, 1.82) is 0 Å². The van der Waals surface area contributed by atoms with Crippen molar-refractivity contribution in [2.45, 2.75) is 12.3 Å². The topological polar surface area (TPSA) is 69.4 Å². The van der Waals surface area contributed by atoms with Crippen molar-refractivity contribution in [3.8, 4) is 0 Å². The molecule has 96 valence electrons. The zero-order chi connectivity index (χ0) is 13.0. The zero-order valence-electron chi connectivity index (χ0n) is 9.95. The molecule has 0 unspecified atom stereocenters. The van der Waals surface area contributed by atoms with Crippen LogP contribution in [0.5, 0.6) is 0 Å². The zero-order valence-corrected chi connectivity index (χ0v) is 9.95. The van der Waals surface area contributed by atoms with Crippen LogP contribution in [0.1, 0.15) is 17.9 Å². The highest BCUT2D eigenvalue weighted by molar-refractivity contribution is 5.82. The molecule has 0 amide bonds. The van der Waals surface area contributed by atoms with E-state index in [0.717, 1.165) is 5.56 Å². The number of rotatable bonds is 4. The first kappa shape index (κ1) is 12.7. The van der Waals surface area contributed by atoms with Gasteiger partial charge in [-0.25, -0.2) is 0 Å². The van der Waals surface area contributed by atoms with E-state index < -0.39 is 11.8 Å². The first-order chi connectivity index (χ1) is 8.68. The van der Waals surface area contributed by atoms with E-state index in [4.69, 9.17) is 4.74 Å². The minimum Gasteiger partial charge on any atom is -0.380 e. The second-order valence-electron chi connectivity index (χ2n) is 4.43. The lowest BCUT2D eigenvalue weighted by molar-refractivity contribution is -0.484. The van der Waals surface area contributed by atoms with Crippen molar-refractivity contribution in [2.75, 3.05) is 19.8 Å². The number of hydrogen-bond donors (Lipinski definition) is 0. The molecule has 1 aromatic rings. The molecular weight excluding hydrogens is 234 g/mol. The highest BCUT2D eigenvalue weighted by Gasteiger charge is 2.35. The van der Waals surface area contributed by atoms with Gasteiger partial charge in [0, 0.05) is 11.3 Å². The predicted octanol–water partition coefficient (Wildman–Crippen LogP) is 1.65. The highest BCUT2D eigenvalue weighted by Crippen LogP contribution is 2.29. The Morgan fingerprint density at radius 3 is 2.72 bits per heavy atom. The third kappa shape index (κ3) is 2.92. The standard InChI is InChI=1S/C13H15NO4/c15-13-6-7-18-9-12(13)11(8-14(16)17)10-4-2-1-3-5-10/h1-5,11-12H,6-9H2/t11-,12+/m0/s1. The number of ketones is 1. The quantitative estimate of drug-likeness (QED) is 0.601. The fourth-order valence-electron chi connectivity index (χ4n) is 2.33. The van der Waals surface area contributed by atoms with Gasteiger partial charge in [0.25, 0.3) is 0 Å². The van der Waals surface area contributed by atoms with Gasteiger partial charge in [-0.05, 0) is 5.56 Å². The number of benzene rings is 1. The molecule has 1 heterocycles. The molecule has 2 rings (SSSR count). The van der Waals surface area contributed by atoms with Crippen LogP contribution in [-0.2, 0) is 9.53 Å². The van der Waals surface area contributed by atoms with Gasteiger partial charge in [0.1, 0.15) is 5.78 Å². The Morgan fingerprint density at radius 1 is 1.39 bits per heavy atom. The van der Waals surface area contributed by atoms with Crippen LogP contribution in [0, 0.1) is 16.0 Å². The molecule has 1 saturated heterocycles. The largest absolute Gasteiger partial charge is 0.380 e. The molecule has 1 fully saturated rings. The van der Waals surface area contributed by atoms with E-state index in [1.807, 2.05) is 30.3 Å². The Hall–Kier alpha value is -1.75. The van der Waals surface area contributed by atoms with E-state index in [2.05, 4.69) is 0 Å². The Labute approximate surface area is 105 Å². The van der Waals surface area contributed by atoms with Crippen LogP contribution in [-0.4, -0.2) is 30.5 Å². The van der Waals surface area contributed by atoms with E-state index in [1.54, 1.807) is 0 Å². The number of carbonyl (C=O) groups excluding carboxylic acids is 1. The minimum atomic E-state index is -0.397. The van der Waals surface area contributed by atoms with Gasteiger partial charge in [0.15, 0.2) is 0 Å². The normalized spacial score (nSPS) is 21.6. The Balaban J connectivity index is 2.24. The molecular formula is C13H15NO4. The Morgan fingerprint density at radius 2 is 2.11 bits per heavy atom. The predicted molar refractivity (Wildman–Crippen MR) is 65.0 cm³/mol. The van der Waals surface area contributed by atoms with Gasteiger partial charge in [-0.15, -0.1) is 0 Å². The fraction of sp³-hybridized carbons (Fsp3) is 0.462. The van der Waals surface area contributed by atoms with Gasteiger partial charge in [0.05, 0.1) is 25.0 Å². The van der Waals surface area contributed by atoms with E-state index >= 15 is 0 Å². The van der Waals surface area contributed by atoms with Crippen molar-refractivity contribution < 1.29 is 14.5 Å². The van der Waals surface area contributed by atoms with Crippen molar-refractivity contribution in [3.05, 3.63) is 46.0 Å². The van der Waals surface area contributed by atoms with Crippen molar-refractivity contribution >= 4 is 5.78 Å². The van der Waals surface area contributed by atoms with E-state index in [1.165, 1.54) is 0 Å². The van der Waals surface area contributed by atoms with Crippen molar-refractivity contribution in [1.82, 2.24) is 0 Å². The first-order valence-corrected chi connectivity index (χ1v) is 5.95. The van der Waals surface area contributed by atoms with Gasteiger partial charge in [-0.3, -0.25) is 14.9 Å². The third-order valence-electron chi connectivity index (χ3n) is 3.26. The second-order valence-corrected chi connectivity index (χ2v) is 4.43. The van der Waals surface area contributed by atoms with Crippen LogP contribution >= 0.6 is 0 Å². The lowest BCUT2D eigenvalue weighted by Gasteiger charge is -2.27. The summed E-state index contributed by atoms with van der Waals surface area (Å²) >= 11 is 0. The molecule has 1 aliphatic heterocycles. The molecule has 0 N–H and O–H groups in total. The second kappa shape index (κ2) is 5.73. The van der Waals surface area contributed by atoms with Crippen LogP contribution in [0.3, 0.4) is 0 Å². The van der Waals surface area contributed by atoms with Crippen LogP contribution < -0.4 is 0 Å². The van der Waals surface area contributed by atoms with Crippen LogP contribution in [0.15, 0.2) is 30.3 Å². The maximum atomic E-state index is 11.9. The van der Waals surface area contributed by atoms with Gasteiger partial charge in [-0.2, -0.15) is 0 Å². The summed E-state index contributed by atoms with van der Waals surface area (Å²) in [6.45, 7) is 0.478. The van der Waals surface area contributed by atoms with Gasteiger partial charge in [0.2, 0.25) is 6.54 Å². The monoisotopic (exact) mass is 249 g/mol. The molecule has 0 aliphatic carbocycles. The van der Waals surface area contributed by atoms with E-state index in [9.17, 15) is 14.9 Å². The van der Waals surface area contributed by atoms with Gasteiger partial charge in [-0.1, -0.05) is 30.3 Å². The molecule has 5 nitrogen and oxygen atoms in total. The summed E-state index contributed by atoms with van der Waals surface area (Å²) in [5, 5.41) is 10.8. The summed E-state index contributed by atoms with van der Waals surface area (Å²) in [6, 6.07) is 9.17. The minimum absolute atomic E-state index is 0.0666. The van der Waals surface area contributed by atoms with Crippen molar-refractivity contribution in [3.63, 3.8) is 0 Å². The number of carbonyl (C=O) groups is 1. The maximum Gasteiger partial charge on any atom is 0.211 e. The number of nitro groups is 1. The molecule has 0 radical (unpaired) electrons. The third-order valence-corrected chi connectivity index (χ3v) is 3.26. The number of ether oxygens (including phenoxy) is 1. The number of Topliss-reactive ketones (excluding diaryl/α,β-unsaturated/α-hetero) is 1. The van der Waals surface area contributed by atoms with Crippen LogP contribution in [0.2, 0.25) is 0 Å². The molecule has 1 aromatic carbocycles. The molecule has 0 saturated carbocycles. The van der Waals surface area contributed by atoms with Gasteiger partial charge >= 0.3 is 0 Å². The molecule has 18 heavy (non-hydrogen) atoms. The molecule has 2 atom stereocenters. The molecule has 0 spiro atoms. The summed E-state index contributed by atoms with van der Waals surface area (Å²) in [6.07, 6.45) is 0.353. The Bertz CT molecular complexity index is 432. The molecule has 1 aliphatic rings. The average molecular weight is 249 g/mol. The number of nitrogens with zero attached hydrogens (tertiary/aromatic N) is 1. The van der Waals surface area contributed by atoms with Crippen molar-refractivity contribution in [2.24, 2.45) is 5.92 Å². The lowest BCUT2D eigenvalue weighted by Crippen LogP contribution is -2.35. The SMILES string of the molecule is O=C1CCOC[C@@H]1[C@@H](C[N+](=O)[O-])c1ccccc1. The summed E-state index contributed by atoms with van der Waals surface area (Å²) in [7, 11) is 0. The average Bonchev–Trinajstić information content (AvgIpc) is 2.38. The Kier molecular flexibility index (Phi) is 4.04. The number of hydrogen-bond acceptors (Lipinski definition) is 4. The molecule has 0 bridgehead atoms. The first-order valence-electron chi connectivity index (χ1n) is 5.95. The highest BCUT2D eigenvalue weighted by atomic mass is 16.6. The summed E-state index contributed by atoms with van der Waals surface area (Å²) in [5.41, 5.74) is 0.832. The summed E-state index contributed by atoms with van der Waals surface area (Å²) < 4.78 is 5.29. The summed E-state index contributed by atoms with van der Waals surface area (Å²) in [5.74, 6) is -0.725. The molecule has 0 aromatic heterocycles. The smallest absolute Gasteiger partial charge is 0.211 e. The van der Waals surface area contributed by atoms with Gasteiger partial charge < -0.3 is 4.74 Å². The van der Waals surface area contributed by atoms with Crippen LogP contribution in [0.4, 0.5) is 0 Å². The lowest BCUT2D eigenvalue weighted by atomic mass is 9.82.